The van der Waals surface area contributed by atoms with Crippen LogP contribution in [0.5, 0.6) is 0 Å². The van der Waals surface area contributed by atoms with Crippen LogP contribution in [-0.2, 0) is 0 Å². The van der Waals surface area contributed by atoms with Gasteiger partial charge in [-0.1, -0.05) is 26.0 Å². The molecule has 20 heavy (non-hydrogen) atoms. The van der Waals surface area contributed by atoms with E-state index in [1.54, 1.807) is 12.1 Å². The molecule has 1 saturated heterocycles. The zero-order valence-corrected chi connectivity index (χ0v) is 12.6. The largest absolute Gasteiger partial charge is 0.388 e. The molecule has 1 unspecified atom stereocenters. The molecule has 1 aliphatic rings. The molecular formula is C17H26FNO. The van der Waals surface area contributed by atoms with Crippen molar-refractivity contribution in [1.82, 2.24) is 4.90 Å². The monoisotopic (exact) mass is 279 g/mol. The molecule has 1 fully saturated rings. The molecule has 0 saturated carbocycles. The Kier molecular flexibility index (Phi) is 5.17. The smallest absolute Gasteiger partial charge is 0.123 e. The van der Waals surface area contributed by atoms with E-state index in [4.69, 9.17) is 0 Å². The fourth-order valence-corrected chi connectivity index (χ4v) is 3.23. The third-order valence-electron chi connectivity index (χ3n) is 4.97. The standard InChI is InChI=1S/C17H26FNO/c1-3-17(4-2)9-11-19(13-17)10-8-16(20)14-6-5-7-15(18)12-14/h5-7,12,16,20H,3-4,8-11,13H2,1-2H3. The van der Waals surface area contributed by atoms with Crippen LogP contribution >= 0.6 is 0 Å². The Labute approximate surface area is 121 Å². The number of likely N-dealkylation sites (tertiary alicyclic amines) is 1. The van der Waals surface area contributed by atoms with Crippen LogP contribution in [0.1, 0.15) is 51.2 Å². The number of hydrogen-bond donors (Lipinski definition) is 1. The van der Waals surface area contributed by atoms with Crippen molar-refractivity contribution in [3.63, 3.8) is 0 Å². The third kappa shape index (κ3) is 3.58. The number of aliphatic hydroxyl groups excluding tert-OH is 1. The molecule has 0 radical (unpaired) electrons. The Hall–Kier alpha value is -0.930. The van der Waals surface area contributed by atoms with Crippen LogP contribution in [0.25, 0.3) is 0 Å². The molecule has 1 aromatic rings. The lowest BCUT2D eigenvalue weighted by molar-refractivity contribution is 0.143. The van der Waals surface area contributed by atoms with Gasteiger partial charge in [-0.3, -0.25) is 0 Å². The van der Waals surface area contributed by atoms with E-state index in [1.807, 2.05) is 0 Å². The van der Waals surface area contributed by atoms with Crippen LogP contribution in [0.3, 0.4) is 0 Å². The lowest BCUT2D eigenvalue weighted by atomic mass is 9.82. The molecule has 0 spiro atoms. The van der Waals surface area contributed by atoms with Gasteiger partial charge in [-0.05, 0) is 55.3 Å². The molecule has 2 rings (SSSR count). The minimum Gasteiger partial charge on any atom is -0.388 e. The molecule has 1 atom stereocenters. The number of nitrogens with zero attached hydrogens (tertiary/aromatic N) is 1. The molecule has 112 valence electrons. The Balaban J connectivity index is 1.84. The quantitative estimate of drug-likeness (QED) is 0.857. The maximum atomic E-state index is 13.1. The van der Waals surface area contributed by atoms with Gasteiger partial charge in [0.15, 0.2) is 0 Å². The fraction of sp³-hybridized carbons (Fsp3) is 0.647. The maximum Gasteiger partial charge on any atom is 0.123 e. The van der Waals surface area contributed by atoms with E-state index >= 15 is 0 Å². The molecule has 1 aromatic carbocycles. The van der Waals surface area contributed by atoms with Crippen molar-refractivity contribution in [3.05, 3.63) is 35.6 Å². The highest BCUT2D eigenvalue weighted by Crippen LogP contribution is 2.37. The van der Waals surface area contributed by atoms with Crippen molar-refractivity contribution < 1.29 is 9.50 Å². The summed E-state index contributed by atoms with van der Waals surface area (Å²) in [6, 6.07) is 6.29. The maximum absolute atomic E-state index is 13.1. The second-order valence-corrected chi connectivity index (χ2v) is 6.09. The number of hydrogen-bond acceptors (Lipinski definition) is 2. The highest BCUT2D eigenvalue weighted by Gasteiger charge is 2.34. The molecular weight excluding hydrogens is 253 g/mol. The highest BCUT2D eigenvalue weighted by atomic mass is 19.1. The number of halogens is 1. The first-order valence-corrected chi connectivity index (χ1v) is 7.74. The molecule has 0 amide bonds. The van der Waals surface area contributed by atoms with Crippen LogP contribution in [0.4, 0.5) is 4.39 Å². The van der Waals surface area contributed by atoms with Crippen LogP contribution in [0.2, 0.25) is 0 Å². The second-order valence-electron chi connectivity index (χ2n) is 6.09. The summed E-state index contributed by atoms with van der Waals surface area (Å²) in [6.07, 6.45) is 3.83. The zero-order chi connectivity index (χ0) is 14.6. The van der Waals surface area contributed by atoms with Gasteiger partial charge in [0.2, 0.25) is 0 Å². The van der Waals surface area contributed by atoms with Crippen molar-refractivity contribution in [2.75, 3.05) is 19.6 Å². The first-order valence-electron chi connectivity index (χ1n) is 7.74. The van der Waals surface area contributed by atoms with Gasteiger partial charge >= 0.3 is 0 Å². The number of benzene rings is 1. The Morgan fingerprint density at radius 2 is 2.10 bits per heavy atom. The predicted octanol–water partition coefficient (Wildman–Crippen LogP) is 3.76. The lowest BCUT2D eigenvalue weighted by Gasteiger charge is -2.26. The number of rotatable bonds is 6. The summed E-state index contributed by atoms with van der Waals surface area (Å²) in [6.45, 7) is 7.69. The number of aliphatic hydroxyl groups is 1. The average Bonchev–Trinajstić information content (AvgIpc) is 2.89. The first kappa shape index (κ1) is 15.5. The van der Waals surface area contributed by atoms with Gasteiger partial charge < -0.3 is 10.0 Å². The van der Waals surface area contributed by atoms with Crippen molar-refractivity contribution in [3.8, 4) is 0 Å². The second kappa shape index (κ2) is 6.68. The SMILES string of the molecule is CCC1(CC)CCN(CCC(O)c2cccc(F)c2)C1. The van der Waals surface area contributed by atoms with Crippen LogP contribution in [0, 0.1) is 11.2 Å². The van der Waals surface area contributed by atoms with Crippen LogP contribution in [-0.4, -0.2) is 29.6 Å². The van der Waals surface area contributed by atoms with Gasteiger partial charge in [-0.25, -0.2) is 4.39 Å². The molecule has 0 bridgehead atoms. The summed E-state index contributed by atoms with van der Waals surface area (Å²) in [5.41, 5.74) is 1.16. The summed E-state index contributed by atoms with van der Waals surface area (Å²) in [5.74, 6) is -0.279. The molecule has 1 aliphatic heterocycles. The summed E-state index contributed by atoms with van der Waals surface area (Å²) in [7, 11) is 0. The van der Waals surface area contributed by atoms with E-state index in [0.29, 0.717) is 17.4 Å². The molecule has 0 aromatic heterocycles. The van der Waals surface area contributed by atoms with Gasteiger partial charge in [-0.2, -0.15) is 0 Å². The Morgan fingerprint density at radius 1 is 1.35 bits per heavy atom. The van der Waals surface area contributed by atoms with Crippen LogP contribution < -0.4 is 0 Å². The van der Waals surface area contributed by atoms with E-state index in [2.05, 4.69) is 18.7 Å². The Morgan fingerprint density at radius 3 is 2.70 bits per heavy atom. The average molecular weight is 279 g/mol. The molecule has 1 N–H and O–H groups in total. The van der Waals surface area contributed by atoms with Crippen LogP contribution in [0.15, 0.2) is 24.3 Å². The first-order chi connectivity index (χ1) is 9.58. The van der Waals surface area contributed by atoms with E-state index < -0.39 is 6.10 Å². The third-order valence-corrected chi connectivity index (χ3v) is 4.97. The van der Waals surface area contributed by atoms with Gasteiger partial charge in [0, 0.05) is 13.1 Å². The van der Waals surface area contributed by atoms with Gasteiger partial charge in [0.05, 0.1) is 6.10 Å². The van der Waals surface area contributed by atoms with E-state index in [-0.39, 0.29) is 5.82 Å². The van der Waals surface area contributed by atoms with Gasteiger partial charge in [-0.15, -0.1) is 0 Å². The minimum absolute atomic E-state index is 0.279. The highest BCUT2D eigenvalue weighted by molar-refractivity contribution is 5.18. The van der Waals surface area contributed by atoms with E-state index in [1.165, 1.54) is 31.4 Å². The topological polar surface area (TPSA) is 23.5 Å². The van der Waals surface area contributed by atoms with Crippen molar-refractivity contribution in [2.45, 2.75) is 45.6 Å². The lowest BCUT2D eigenvalue weighted by Crippen LogP contribution is -2.28. The van der Waals surface area contributed by atoms with Gasteiger partial charge in [0.1, 0.15) is 5.82 Å². The summed E-state index contributed by atoms with van der Waals surface area (Å²) < 4.78 is 13.1. The van der Waals surface area contributed by atoms with E-state index in [9.17, 15) is 9.50 Å². The van der Waals surface area contributed by atoms with Crippen molar-refractivity contribution in [1.29, 1.82) is 0 Å². The van der Waals surface area contributed by atoms with Crippen molar-refractivity contribution >= 4 is 0 Å². The van der Waals surface area contributed by atoms with Gasteiger partial charge in [0.25, 0.3) is 0 Å². The zero-order valence-electron chi connectivity index (χ0n) is 12.6. The summed E-state index contributed by atoms with van der Waals surface area (Å²) >= 11 is 0. The normalized spacial score (nSPS) is 20.2. The predicted molar refractivity (Wildman–Crippen MR) is 80.0 cm³/mol. The summed E-state index contributed by atoms with van der Waals surface area (Å²) in [4.78, 5) is 2.44. The van der Waals surface area contributed by atoms with E-state index in [0.717, 1.165) is 19.6 Å². The van der Waals surface area contributed by atoms with Crippen molar-refractivity contribution in [2.24, 2.45) is 5.41 Å². The molecule has 0 aliphatic carbocycles. The molecule has 1 heterocycles. The summed E-state index contributed by atoms with van der Waals surface area (Å²) in [5, 5.41) is 10.2. The molecule has 3 heteroatoms. The Bertz CT molecular complexity index is 431. The fourth-order valence-electron chi connectivity index (χ4n) is 3.23. The molecule has 2 nitrogen and oxygen atoms in total. The minimum atomic E-state index is -0.566.